The van der Waals surface area contributed by atoms with Gasteiger partial charge in [0.1, 0.15) is 7.05 Å². The van der Waals surface area contributed by atoms with E-state index in [1.165, 1.54) is 31.5 Å². The molecule has 4 nitrogen and oxygen atoms in total. The Morgan fingerprint density at radius 3 is 2.38 bits per heavy atom. The summed E-state index contributed by atoms with van der Waals surface area (Å²) >= 11 is 0. The molecule has 4 heteroatoms. The van der Waals surface area contributed by atoms with Gasteiger partial charge in [-0.05, 0) is 17.9 Å². The molecule has 0 bridgehead atoms. The van der Waals surface area contributed by atoms with E-state index in [1.807, 2.05) is 18.8 Å². The Hall–Kier alpha value is -1.06. The summed E-state index contributed by atoms with van der Waals surface area (Å²) in [7, 11) is 4.00. The van der Waals surface area contributed by atoms with Crippen LogP contribution in [0.25, 0.3) is 0 Å². The zero-order valence-electron chi connectivity index (χ0n) is 11.1. The number of hydrogen-bond acceptors (Lipinski definition) is 2. The molecule has 0 unspecified atom stereocenters. The number of nitrogens with one attached hydrogen (secondary N) is 1. The van der Waals surface area contributed by atoms with E-state index in [0.29, 0.717) is 0 Å². The largest absolute Gasteiger partial charge is 0.301 e. The quantitative estimate of drug-likeness (QED) is 0.715. The molecule has 92 valence electrons. The van der Waals surface area contributed by atoms with E-state index in [4.69, 9.17) is 0 Å². The molecule has 0 atom stereocenters. The highest BCUT2D eigenvalue weighted by Gasteiger charge is 2.21. The Balaban J connectivity index is 2.84. The lowest BCUT2D eigenvalue weighted by atomic mass is 10.2. The zero-order valence-corrected chi connectivity index (χ0v) is 11.1. The fraction of sp³-hybridized carbons (Fsp3) is 0.833. The lowest BCUT2D eigenvalue weighted by molar-refractivity contribution is -0.736. The number of aromatic nitrogens is 3. The Bertz CT molecular complexity index is 317. The van der Waals surface area contributed by atoms with E-state index in [9.17, 15) is 0 Å². The molecule has 16 heavy (non-hydrogen) atoms. The average molecular weight is 225 g/mol. The lowest BCUT2D eigenvalue weighted by Gasteiger charge is -2.01. The van der Waals surface area contributed by atoms with Crippen LogP contribution in [-0.2, 0) is 19.9 Å². The van der Waals surface area contributed by atoms with E-state index < -0.39 is 0 Å². The molecule has 0 aliphatic heterocycles. The molecule has 1 aromatic rings. The van der Waals surface area contributed by atoms with Gasteiger partial charge >= 0.3 is 5.82 Å². The molecule has 0 aliphatic carbocycles. The zero-order chi connectivity index (χ0) is 12.0. The van der Waals surface area contributed by atoms with Crippen LogP contribution >= 0.6 is 0 Å². The van der Waals surface area contributed by atoms with Crippen LogP contribution in [0.5, 0.6) is 0 Å². The maximum absolute atomic E-state index is 4.59. The predicted octanol–water partition coefficient (Wildman–Crippen LogP) is 1.57. The minimum atomic E-state index is 1.05. The summed E-state index contributed by atoms with van der Waals surface area (Å²) in [6.45, 7) is 4.43. The van der Waals surface area contributed by atoms with Gasteiger partial charge in [0, 0.05) is 13.5 Å². The highest BCUT2D eigenvalue weighted by molar-refractivity contribution is 4.94. The topological polar surface area (TPSA) is 33.7 Å². The number of unbranched alkanes of at least 4 members (excludes halogenated alkanes) is 2. The van der Waals surface area contributed by atoms with Crippen molar-refractivity contribution in [2.45, 2.75) is 52.4 Å². The summed E-state index contributed by atoms with van der Waals surface area (Å²) in [6.07, 6.45) is 6.99. The molecular formula is C12H25N4+. The molecule has 0 saturated heterocycles. The third-order valence-electron chi connectivity index (χ3n) is 2.89. The van der Waals surface area contributed by atoms with Crippen LogP contribution in [0.1, 0.15) is 51.2 Å². The molecule has 1 rings (SSSR count). The van der Waals surface area contributed by atoms with Crippen molar-refractivity contribution in [3.05, 3.63) is 11.6 Å². The van der Waals surface area contributed by atoms with E-state index >= 15 is 0 Å². The minimum Gasteiger partial charge on any atom is -0.257 e. The Morgan fingerprint density at radius 1 is 1.19 bits per heavy atom. The fourth-order valence-electron chi connectivity index (χ4n) is 1.93. The molecule has 1 N–H and O–H groups in total. The van der Waals surface area contributed by atoms with Gasteiger partial charge in [0.2, 0.25) is 0 Å². The highest BCUT2D eigenvalue weighted by atomic mass is 15.5. The number of nitrogens with zero attached hydrogens (tertiary/aromatic N) is 3. The molecule has 0 radical (unpaired) electrons. The first-order valence-corrected chi connectivity index (χ1v) is 6.39. The molecule has 0 saturated carbocycles. The Labute approximate surface area is 98.6 Å². The Morgan fingerprint density at radius 2 is 1.81 bits per heavy atom. The average Bonchev–Trinajstić information content (AvgIpc) is 2.59. The van der Waals surface area contributed by atoms with Gasteiger partial charge in [0.05, 0.1) is 6.42 Å². The lowest BCUT2D eigenvalue weighted by Crippen LogP contribution is -2.36. The van der Waals surface area contributed by atoms with Crippen LogP contribution in [0.2, 0.25) is 0 Å². The summed E-state index contributed by atoms with van der Waals surface area (Å²) in [6, 6.07) is 0. The van der Waals surface area contributed by atoms with Gasteiger partial charge in [-0.25, -0.2) is 0 Å². The smallest absolute Gasteiger partial charge is 0.257 e. The van der Waals surface area contributed by atoms with E-state index in [2.05, 4.69) is 29.0 Å². The normalized spacial score (nSPS) is 10.8. The van der Waals surface area contributed by atoms with Gasteiger partial charge in [-0.2, -0.15) is 0 Å². The van der Waals surface area contributed by atoms with Crippen LogP contribution < -0.4 is 10.1 Å². The summed E-state index contributed by atoms with van der Waals surface area (Å²) in [4.78, 5) is 0. The van der Waals surface area contributed by atoms with Crippen molar-refractivity contribution in [3.8, 4) is 0 Å². The third kappa shape index (κ3) is 2.97. The summed E-state index contributed by atoms with van der Waals surface area (Å²) in [5, 5.41) is 4.59. The van der Waals surface area contributed by atoms with Gasteiger partial charge in [-0.15, -0.1) is 9.36 Å². The molecule has 0 aliphatic rings. The SMILES string of the molecule is CCCCc1n[n+](C)c(CCCC)n1NC. The van der Waals surface area contributed by atoms with Crippen molar-refractivity contribution in [1.82, 2.24) is 9.77 Å². The van der Waals surface area contributed by atoms with Crippen molar-refractivity contribution in [2.24, 2.45) is 7.05 Å². The molecule has 0 fully saturated rings. The second kappa shape index (κ2) is 6.51. The number of rotatable bonds is 7. The maximum atomic E-state index is 4.59. The van der Waals surface area contributed by atoms with Gasteiger partial charge in [-0.1, -0.05) is 26.7 Å². The van der Waals surface area contributed by atoms with Crippen molar-refractivity contribution in [1.29, 1.82) is 0 Å². The van der Waals surface area contributed by atoms with Gasteiger partial charge in [0.15, 0.2) is 0 Å². The van der Waals surface area contributed by atoms with Gasteiger partial charge < -0.3 is 0 Å². The van der Waals surface area contributed by atoms with Crippen molar-refractivity contribution in [2.75, 3.05) is 12.5 Å². The van der Waals surface area contributed by atoms with Crippen LogP contribution in [0, 0.1) is 0 Å². The standard InChI is InChI=1S/C12H25N4/c1-5-7-9-11-14-15(4)12(10-8-6-2)16(11)13-3/h13H,5-10H2,1-4H3/q+1. The number of aryl methyl sites for hydroxylation is 2. The Kier molecular flexibility index (Phi) is 5.29. The molecule has 0 amide bonds. The summed E-state index contributed by atoms with van der Waals surface area (Å²) in [5.41, 5.74) is 3.24. The first-order chi connectivity index (χ1) is 7.74. The molecule has 0 aromatic carbocycles. The molecular weight excluding hydrogens is 200 g/mol. The minimum absolute atomic E-state index is 1.05. The van der Waals surface area contributed by atoms with Crippen LogP contribution in [-0.4, -0.2) is 16.8 Å². The first-order valence-electron chi connectivity index (χ1n) is 6.39. The number of hydrogen-bond donors (Lipinski definition) is 1. The third-order valence-corrected chi connectivity index (χ3v) is 2.89. The van der Waals surface area contributed by atoms with Crippen LogP contribution in [0.3, 0.4) is 0 Å². The molecule has 0 spiro atoms. The molecule has 1 heterocycles. The van der Waals surface area contributed by atoms with E-state index in [0.717, 1.165) is 18.7 Å². The highest BCUT2D eigenvalue weighted by Crippen LogP contribution is 2.05. The monoisotopic (exact) mass is 225 g/mol. The van der Waals surface area contributed by atoms with Gasteiger partial charge in [0.25, 0.3) is 5.82 Å². The van der Waals surface area contributed by atoms with E-state index in [1.54, 1.807) is 0 Å². The second-order valence-electron chi connectivity index (χ2n) is 4.22. The predicted molar refractivity (Wildman–Crippen MR) is 65.9 cm³/mol. The summed E-state index contributed by atoms with van der Waals surface area (Å²) < 4.78 is 4.16. The van der Waals surface area contributed by atoms with Crippen molar-refractivity contribution < 1.29 is 4.68 Å². The van der Waals surface area contributed by atoms with Crippen LogP contribution in [0.4, 0.5) is 0 Å². The van der Waals surface area contributed by atoms with Crippen molar-refractivity contribution in [3.63, 3.8) is 0 Å². The van der Waals surface area contributed by atoms with Crippen LogP contribution in [0.15, 0.2) is 0 Å². The van der Waals surface area contributed by atoms with Gasteiger partial charge in [-0.3, -0.25) is 5.43 Å². The maximum Gasteiger partial charge on any atom is 0.301 e. The second-order valence-corrected chi connectivity index (χ2v) is 4.22. The molecule has 1 aromatic heterocycles. The fourth-order valence-corrected chi connectivity index (χ4v) is 1.93. The van der Waals surface area contributed by atoms with Crippen molar-refractivity contribution >= 4 is 0 Å². The van der Waals surface area contributed by atoms with E-state index in [-0.39, 0.29) is 0 Å². The first kappa shape index (κ1) is 13.0. The summed E-state index contributed by atoms with van der Waals surface area (Å²) in [5.74, 6) is 2.42.